The minimum absolute atomic E-state index is 1.13. The molecule has 0 fully saturated rings. The van der Waals surface area contributed by atoms with Gasteiger partial charge in [0.1, 0.15) is 0 Å². The summed E-state index contributed by atoms with van der Waals surface area (Å²) in [6.07, 6.45) is 0. The van der Waals surface area contributed by atoms with Crippen molar-refractivity contribution in [3.8, 4) is 11.1 Å². The van der Waals surface area contributed by atoms with Crippen LogP contribution in [0.1, 0.15) is 0 Å². The van der Waals surface area contributed by atoms with Crippen molar-refractivity contribution in [3.63, 3.8) is 0 Å². The predicted molar refractivity (Wildman–Crippen MR) is 225 cm³/mol. The number of nitrogens with zero attached hydrogens (tertiary/aromatic N) is 1. The summed E-state index contributed by atoms with van der Waals surface area (Å²) in [6.45, 7) is 0. The highest BCUT2D eigenvalue weighted by Crippen LogP contribution is 2.44. The van der Waals surface area contributed by atoms with Crippen LogP contribution in [-0.2, 0) is 0 Å². The van der Waals surface area contributed by atoms with Crippen LogP contribution in [0, 0.1) is 0 Å². The van der Waals surface area contributed by atoms with E-state index in [1.54, 1.807) is 0 Å². The fourth-order valence-corrected chi connectivity index (χ4v) is 10.3. The average Bonchev–Trinajstić information content (AvgIpc) is 3.75. The summed E-state index contributed by atoms with van der Waals surface area (Å²) in [6, 6.07) is 65.1. The van der Waals surface area contributed by atoms with E-state index in [4.69, 9.17) is 0 Å². The molecule has 238 valence electrons. The van der Waals surface area contributed by atoms with Gasteiger partial charge in [-0.3, -0.25) is 0 Å². The topological polar surface area (TPSA) is 3.24 Å². The Balaban J connectivity index is 1.10. The van der Waals surface area contributed by atoms with Gasteiger partial charge < -0.3 is 4.90 Å². The normalized spacial score (nSPS) is 11.9. The van der Waals surface area contributed by atoms with Crippen LogP contribution in [-0.4, -0.2) is 0 Å². The molecule has 0 saturated carbocycles. The highest BCUT2D eigenvalue weighted by atomic mass is 32.1. The summed E-state index contributed by atoms with van der Waals surface area (Å²) in [5, 5.41) is 13.0. The number of benzene rings is 9. The molecule has 0 bridgehead atoms. The Hall–Kier alpha value is -6.00. The number of fused-ring (bicyclic) bond motifs is 11. The molecule has 3 heteroatoms. The van der Waals surface area contributed by atoms with Gasteiger partial charge in [-0.25, -0.2) is 0 Å². The van der Waals surface area contributed by atoms with E-state index in [9.17, 15) is 0 Å². The van der Waals surface area contributed by atoms with E-state index >= 15 is 0 Å². The van der Waals surface area contributed by atoms with Crippen LogP contribution in [0.2, 0.25) is 0 Å². The molecule has 11 aromatic rings. The van der Waals surface area contributed by atoms with Crippen molar-refractivity contribution in [1.29, 1.82) is 0 Å². The minimum atomic E-state index is 1.13. The lowest BCUT2D eigenvalue weighted by atomic mass is 9.91. The monoisotopic (exact) mass is 683 g/mol. The molecule has 0 unspecified atom stereocenters. The Kier molecular flexibility index (Phi) is 6.36. The fourth-order valence-electron chi connectivity index (χ4n) is 8.04. The number of rotatable bonds is 4. The lowest BCUT2D eigenvalue weighted by molar-refractivity contribution is 1.30. The molecule has 0 aliphatic carbocycles. The van der Waals surface area contributed by atoms with Crippen molar-refractivity contribution in [2.24, 2.45) is 0 Å². The Bertz CT molecular complexity index is 3030. The van der Waals surface area contributed by atoms with Gasteiger partial charge in [0.05, 0.1) is 0 Å². The first-order chi connectivity index (χ1) is 25.3. The van der Waals surface area contributed by atoms with Crippen molar-refractivity contribution in [2.45, 2.75) is 0 Å². The van der Waals surface area contributed by atoms with Gasteiger partial charge in [0.2, 0.25) is 0 Å². The van der Waals surface area contributed by atoms with E-state index < -0.39 is 0 Å². The van der Waals surface area contributed by atoms with Crippen LogP contribution in [0.4, 0.5) is 17.1 Å². The van der Waals surface area contributed by atoms with Gasteiger partial charge in [-0.2, -0.15) is 0 Å². The fraction of sp³-hybridized carbons (Fsp3) is 0. The predicted octanol–water partition coefficient (Wildman–Crippen LogP) is 15.0. The molecule has 9 aromatic carbocycles. The number of hydrogen-bond acceptors (Lipinski definition) is 3. The summed E-state index contributed by atoms with van der Waals surface area (Å²) in [7, 11) is 0. The average molecular weight is 684 g/mol. The summed E-state index contributed by atoms with van der Waals surface area (Å²) in [4.78, 5) is 2.42. The first kappa shape index (κ1) is 28.8. The third kappa shape index (κ3) is 4.52. The maximum Gasteiger partial charge on any atom is 0.0476 e. The lowest BCUT2D eigenvalue weighted by Gasteiger charge is -2.26. The number of thiophene rings is 2. The zero-order valence-electron chi connectivity index (χ0n) is 27.5. The van der Waals surface area contributed by atoms with Gasteiger partial charge in [-0.15, -0.1) is 22.7 Å². The first-order valence-corrected chi connectivity index (χ1v) is 19.0. The Morgan fingerprint density at radius 1 is 0.294 bits per heavy atom. The van der Waals surface area contributed by atoms with Crippen LogP contribution < -0.4 is 4.90 Å². The molecule has 0 N–H and O–H groups in total. The second-order valence-corrected chi connectivity index (χ2v) is 15.5. The van der Waals surface area contributed by atoms with E-state index in [2.05, 4.69) is 181 Å². The third-order valence-corrected chi connectivity index (χ3v) is 12.7. The Labute approximate surface area is 302 Å². The largest absolute Gasteiger partial charge is 0.310 e. The van der Waals surface area contributed by atoms with Crippen molar-refractivity contribution in [3.05, 3.63) is 176 Å². The van der Waals surface area contributed by atoms with Crippen LogP contribution in [0.5, 0.6) is 0 Å². The van der Waals surface area contributed by atoms with E-state index in [1.165, 1.54) is 83.8 Å². The molecule has 1 nitrogen and oxygen atoms in total. The van der Waals surface area contributed by atoms with Gasteiger partial charge in [-0.1, -0.05) is 121 Å². The molecule has 2 aromatic heterocycles. The molecule has 2 heterocycles. The highest BCUT2D eigenvalue weighted by molar-refractivity contribution is 7.26. The molecule has 0 aliphatic heterocycles. The smallest absolute Gasteiger partial charge is 0.0476 e. The molecule has 51 heavy (non-hydrogen) atoms. The standard InChI is InChI=1S/C48H29NS2/c1-2-10-35-30(9-1)19-24-38-36-11-3-4-12-37(36)43(29-44(35)38)31-17-20-32(21-18-31)49(33-22-25-41-39-13-5-7-15-45(39)50-47(41)27-33)34-23-26-42-40-14-6-8-16-46(40)51-48(42)28-34/h1-29H. The SMILES string of the molecule is c1ccc2c(c1)ccc1c3ccccc3c(-c3ccc(N(c4ccc5c(c4)sc4ccccc45)c4ccc5c(c4)sc4ccccc45)cc3)cc21. The van der Waals surface area contributed by atoms with Crippen LogP contribution in [0.15, 0.2) is 176 Å². The van der Waals surface area contributed by atoms with Gasteiger partial charge in [0.25, 0.3) is 0 Å². The van der Waals surface area contributed by atoms with Crippen LogP contribution in [0.25, 0.3) is 83.8 Å². The molecule has 0 radical (unpaired) electrons. The van der Waals surface area contributed by atoms with Gasteiger partial charge in [-0.05, 0) is 98.0 Å². The van der Waals surface area contributed by atoms with E-state index in [-0.39, 0.29) is 0 Å². The number of hydrogen-bond donors (Lipinski definition) is 0. The maximum absolute atomic E-state index is 2.42. The zero-order chi connectivity index (χ0) is 33.5. The third-order valence-electron chi connectivity index (χ3n) is 10.4. The Morgan fingerprint density at radius 2 is 0.765 bits per heavy atom. The molecule has 0 spiro atoms. The Morgan fingerprint density at radius 3 is 1.41 bits per heavy atom. The molecule has 11 rings (SSSR count). The molecule has 0 aliphatic rings. The lowest BCUT2D eigenvalue weighted by Crippen LogP contribution is -2.09. The highest BCUT2D eigenvalue weighted by Gasteiger charge is 2.18. The molecule has 0 atom stereocenters. The maximum atomic E-state index is 2.42. The van der Waals surface area contributed by atoms with Gasteiger partial charge >= 0.3 is 0 Å². The summed E-state index contributed by atoms with van der Waals surface area (Å²) in [5.41, 5.74) is 5.92. The number of anilines is 3. The van der Waals surface area contributed by atoms with Crippen molar-refractivity contribution < 1.29 is 0 Å². The van der Waals surface area contributed by atoms with Crippen molar-refractivity contribution >= 4 is 112 Å². The van der Waals surface area contributed by atoms with E-state index in [0.29, 0.717) is 0 Å². The van der Waals surface area contributed by atoms with Gasteiger partial charge in [0.15, 0.2) is 0 Å². The molecule has 0 saturated heterocycles. The first-order valence-electron chi connectivity index (χ1n) is 17.3. The van der Waals surface area contributed by atoms with Crippen molar-refractivity contribution in [1.82, 2.24) is 0 Å². The quantitative estimate of drug-likeness (QED) is 0.167. The van der Waals surface area contributed by atoms with Crippen LogP contribution in [0.3, 0.4) is 0 Å². The van der Waals surface area contributed by atoms with E-state index in [0.717, 1.165) is 17.1 Å². The van der Waals surface area contributed by atoms with E-state index in [1.807, 2.05) is 22.7 Å². The summed E-state index contributed by atoms with van der Waals surface area (Å²) < 4.78 is 5.24. The molecular weight excluding hydrogens is 655 g/mol. The molecule has 0 amide bonds. The zero-order valence-corrected chi connectivity index (χ0v) is 29.1. The summed E-state index contributed by atoms with van der Waals surface area (Å²) in [5.74, 6) is 0. The second-order valence-electron chi connectivity index (χ2n) is 13.3. The second kappa shape index (κ2) is 11.3. The van der Waals surface area contributed by atoms with Crippen LogP contribution >= 0.6 is 22.7 Å². The van der Waals surface area contributed by atoms with Crippen molar-refractivity contribution in [2.75, 3.05) is 4.90 Å². The minimum Gasteiger partial charge on any atom is -0.310 e. The molecular formula is C48H29NS2. The summed E-state index contributed by atoms with van der Waals surface area (Å²) >= 11 is 3.73. The van der Waals surface area contributed by atoms with Gasteiger partial charge in [0, 0.05) is 57.4 Å².